The maximum atomic E-state index is 12.2. The fourth-order valence-electron chi connectivity index (χ4n) is 10.2. The van der Waals surface area contributed by atoms with Gasteiger partial charge in [0.25, 0.3) is 0 Å². The van der Waals surface area contributed by atoms with E-state index in [-0.39, 0.29) is 24.7 Å². The van der Waals surface area contributed by atoms with Crippen LogP contribution in [0.1, 0.15) is 138 Å². The number of hydrogen-bond acceptors (Lipinski definition) is 4. The number of allylic oxidation sites excluding steroid dienone is 1. The Labute approximate surface area is 275 Å². The Morgan fingerprint density at radius 3 is 2.47 bits per heavy atom. The van der Waals surface area contributed by atoms with Crippen molar-refractivity contribution in [3.05, 3.63) is 11.6 Å². The standard InChI is InChI=1S/C39H66N2O4/c1-26(2)9-7-10-28(5)35-15-16-36-34-13-11-29-24-31(12-14-32(29)33(34)19-20-39(35,36)6)45-22-8-21-40-37(43)17-18-38(44)41-30(25-42)23-27(3)4/h11,25-28,30-36H,7-10,12-24H2,1-6H3,(H,40,43)(H,41,44)/t28?,30?,31-,32?,33?,34?,35?,36?,39+/m0/s1. The molecule has 3 saturated carbocycles. The van der Waals surface area contributed by atoms with Gasteiger partial charge < -0.3 is 20.2 Å². The third kappa shape index (κ3) is 9.67. The Hall–Kier alpha value is -1.69. The van der Waals surface area contributed by atoms with Gasteiger partial charge in [-0.05, 0) is 117 Å². The van der Waals surface area contributed by atoms with Crippen molar-refractivity contribution in [2.75, 3.05) is 13.2 Å². The number of hydrogen-bond donors (Lipinski definition) is 2. The summed E-state index contributed by atoms with van der Waals surface area (Å²) in [7, 11) is 0. The summed E-state index contributed by atoms with van der Waals surface area (Å²) < 4.78 is 6.32. The van der Waals surface area contributed by atoms with Gasteiger partial charge >= 0.3 is 0 Å². The molecule has 0 aliphatic heterocycles. The maximum absolute atomic E-state index is 12.2. The highest BCUT2D eigenvalue weighted by Gasteiger charge is 2.56. The smallest absolute Gasteiger partial charge is 0.221 e. The summed E-state index contributed by atoms with van der Waals surface area (Å²) in [6.07, 6.45) is 20.1. The van der Waals surface area contributed by atoms with Crippen molar-refractivity contribution in [3.8, 4) is 0 Å². The molecule has 0 saturated heterocycles. The number of carbonyl (C=O) groups is 3. The predicted octanol–water partition coefficient (Wildman–Crippen LogP) is 8.04. The number of amides is 2. The molecular formula is C39H66N2O4. The Kier molecular flexibility index (Phi) is 13.6. The first-order valence-electron chi connectivity index (χ1n) is 18.8. The third-order valence-electron chi connectivity index (χ3n) is 12.4. The first-order valence-corrected chi connectivity index (χ1v) is 18.8. The topological polar surface area (TPSA) is 84.5 Å². The lowest BCUT2D eigenvalue weighted by Crippen LogP contribution is -2.47. The Morgan fingerprint density at radius 1 is 0.956 bits per heavy atom. The van der Waals surface area contributed by atoms with Crippen LogP contribution < -0.4 is 10.6 Å². The zero-order valence-electron chi connectivity index (χ0n) is 29.6. The minimum atomic E-state index is -0.477. The lowest BCUT2D eigenvalue weighted by molar-refractivity contribution is -0.127. The summed E-state index contributed by atoms with van der Waals surface area (Å²) in [6.45, 7) is 15.2. The summed E-state index contributed by atoms with van der Waals surface area (Å²) in [6, 6.07) is -0.477. The number of ether oxygens (including phenoxy) is 1. The molecule has 3 fully saturated rings. The van der Waals surface area contributed by atoms with E-state index in [1.165, 1.54) is 57.8 Å². The third-order valence-corrected chi connectivity index (χ3v) is 12.4. The highest BCUT2D eigenvalue weighted by atomic mass is 16.5. The van der Waals surface area contributed by atoms with Crippen LogP contribution >= 0.6 is 0 Å². The van der Waals surface area contributed by atoms with Crippen molar-refractivity contribution < 1.29 is 19.1 Å². The summed E-state index contributed by atoms with van der Waals surface area (Å²) in [5.41, 5.74) is 2.24. The molecule has 4 aliphatic rings. The molecule has 2 N–H and O–H groups in total. The molecule has 0 bridgehead atoms. The van der Waals surface area contributed by atoms with Gasteiger partial charge in [0.15, 0.2) is 0 Å². The van der Waals surface area contributed by atoms with Crippen molar-refractivity contribution >= 4 is 18.1 Å². The number of aldehydes is 1. The fourth-order valence-corrected chi connectivity index (χ4v) is 10.2. The summed E-state index contributed by atoms with van der Waals surface area (Å²) in [5.74, 6) is 6.04. The average molecular weight is 627 g/mol. The van der Waals surface area contributed by atoms with Crippen LogP contribution in [0.4, 0.5) is 0 Å². The molecule has 7 unspecified atom stereocenters. The lowest BCUT2D eigenvalue weighted by atomic mass is 9.51. The number of rotatable bonds is 17. The van der Waals surface area contributed by atoms with Gasteiger partial charge in [-0.2, -0.15) is 0 Å². The Balaban J connectivity index is 1.14. The predicted molar refractivity (Wildman–Crippen MR) is 182 cm³/mol. The normalized spacial score (nSPS) is 32.2. The van der Waals surface area contributed by atoms with Gasteiger partial charge in [-0.25, -0.2) is 0 Å². The molecular weight excluding hydrogens is 560 g/mol. The van der Waals surface area contributed by atoms with Crippen LogP contribution in [-0.4, -0.2) is 43.4 Å². The highest BCUT2D eigenvalue weighted by Crippen LogP contribution is 2.64. The molecule has 256 valence electrons. The number of carbonyl (C=O) groups excluding carboxylic acids is 3. The monoisotopic (exact) mass is 627 g/mol. The van der Waals surface area contributed by atoms with Crippen molar-refractivity contribution in [1.29, 1.82) is 0 Å². The maximum Gasteiger partial charge on any atom is 0.221 e. The van der Waals surface area contributed by atoms with Crippen molar-refractivity contribution in [1.82, 2.24) is 10.6 Å². The fraction of sp³-hybridized carbons (Fsp3) is 0.872. The molecule has 6 heteroatoms. The van der Waals surface area contributed by atoms with E-state index in [0.717, 1.165) is 67.0 Å². The minimum absolute atomic E-state index is 0.100. The Bertz CT molecular complexity index is 1010. The van der Waals surface area contributed by atoms with E-state index in [9.17, 15) is 14.4 Å². The second-order valence-electron chi connectivity index (χ2n) is 16.5. The molecule has 4 rings (SSSR count). The van der Waals surface area contributed by atoms with Crippen molar-refractivity contribution in [2.24, 2.45) is 52.8 Å². The molecule has 0 aromatic rings. The van der Waals surface area contributed by atoms with Crippen LogP contribution in [0.5, 0.6) is 0 Å². The molecule has 0 spiro atoms. The first kappa shape index (κ1) is 36.2. The van der Waals surface area contributed by atoms with E-state index in [2.05, 4.69) is 44.4 Å². The van der Waals surface area contributed by atoms with Crippen LogP contribution in [0.15, 0.2) is 11.6 Å². The van der Waals surface area contributed by atoms with Crippen LogP contribution in [-0.2, 0) is 19.1 Å². The number of fused-ring (bicyclic) bond motifs is 5. The Morgan fingerprint density at radius 2 is 1.73 bits per heavy atom. The molecule has 6 nitrogen and oxygen atoms in total. The van der Waals surface area contributed by atoms with E-state index in [1.54, 1.807) is 5.57 Å². The second kappa shape index (κ2) is 16.9. The van der Waals surface area contributed by atoms with E-state index in [1.807, 2.05) is 13.8 Å². The summed E-state index contributed by atoms with van der Waals surface area (Å²) in [4.78, 5) is 35.5. The molecule has 0 radical (unpaired) electrons. The van der Waals surface area contributed by atoms with E-state index in [4.69, 9.17) is 4.74 Å². The molecule has 2 amide bonds. The van der Waals surface area contributed by atoms with Gasteiger partial charge in [0.2, 0.25) is 11.8 Å². The summed E-state index contributed by atoms with van der Waals surface area (Å²) >= 11 is 0. The zero-order chi connectivity index (χ0) is 32.6. The van der Waals surface area contributed by atoms with E-state index in [0.29, 0.717) is 37.0 Å². The van der Waals surface area contributed by atoms with E-state index >= 15 is 0 Å². The SMILES string of the molecule is CC(C)CCCC(C)C1CCC2C3CC=C4C[C@@H](OCCCNC(=O)CCC(=O)NC(C=O)CC(C)C)CCC4C3CC[C@]12C. The largest absolute Gasteiger partial charge is 0.378 e. The lowest BCUT2D eigenvalue weighted by Gasteiger charge is -2.54. The van der Waals surface area contributed by atoms with Crippen LogP contribution in [0, 0.1) is 52.8 Å². The van der Waals surface area contributed by atoms with Crippen LogP contribution in [0.2, 0.25) is 0 Å². The van der Waals surface area contributed by atoms with Crippen LogP contribution in [0.25, 0.3) is 0 Å². The summed E-state index contributed by atoms with van der Waals surface area (Å²) in [5, 5.41) is 5.63. The molecule has 0 aromatic carbocycles. The van der Waals surface area contributed by atoms with Crippen LogP contribution in [0.3, 0.4) is 0 Å². The molecule has 0 aromatic heterocycles. The minimum Gasteiger partial charge on any atom is -0.378 e. The van der Waals surface area contributed by atoms with Gasteiger partial charge in [-0.1, -0.05) is 72.5 Å². The quantitative estimate of drug-likeness (QED) is 0.0972. The average Bonchev–Trinajstić information content (AvgIpc) is 3.36. The van der Waals surface area contributed by atoms with Gasteiger partial charge in [0, 0.05) is 26.0 Å². The zero-order valence-corrected chi connectivity index (χ0v) is 29.6. The molecule has 45 heavy (non-hydrogen) atoms. The molecule has 0 heterocycles. The van der Waals surface area contributed by atoms with Gasteiger partial charge in [-0.3, -0.25) is 9.59 Å². The molecule has 9 atom stereocenters. The van der Waals surface area contributed by atoms with Gasteiger partial charge in [-0.15, -0.1) is 0 Å². The van der Waals surface area contributed by atoms with Crippen molar-refractivity contribution in [2.45, 2.75) is 150 Å². The second-order valence-corrected chi connectivity index (χ2v) is 16.5. The number of nitrogens with one attached hydrogen (secondary N) is 2. The van der Waals surface area contributed by atoms with Crippen molar-refractivity contribution in [3.63, 3.8) is 0 Å². The first-order chi connectivity index (χ1) is 21.5. The van der Waals surface area contributed by atoms with E-state index < -0.39 is 6.04 Å². The highest BCUT2D eigenvalue weighted by molar-refractivity contribution is 5.85. The van der Waals surface area contributed by atoms with Gasteiger partial charge in [0.05, 0.1) is 12.1 Å². The molecule has 4 aliphatic carbocycles. The van der Waals surface area contributed by atoms with Gasteiger partial charge in [0.1, 0.15) is 6.29 Å².